The molecule has 3 atom stereocenters. The molecule has 2 aliphatic heterocycles. The normalized spacial score (nSPS) is 29.0. The summed E-state index contributed by atoms with van der Waals surface area (Å²) in [5.74, 6) is 0.315. The number of nitrogens with zero attached hydrogens (tertiary/aromatic N) is 1. The molecule has 0 saturated carbocycles. The second kappa shape index (κ2) is 6.62. The van der Waals surface area contributed by atoms with Gasteiger partial charge in [0.05, 0.1) is 25.2 Å². The molecule has 23 heavy (non-hydrogen) atoms. The number of sulfonamides is 1. The molecule has 3 heterocycles. The van der Waals surface area contributed by atoms with Crippen molar-refractivity contribution in [1.82, 2.24) is 9.62 Å². The third kappa shape index (κ3) is 3.76. The molecule has 2 fully saturated rings. The number of amides is 1. The molecular formula is C15H22N2O5S. The Morgan fingerprint density at radius 3 is 2.96 bits per heavy atom. The van der Waals surface area contributed by atoms with Crippen LogP contribution < -0.4 is 5.32 Å². The largest absolute Gasteiger partial charge is 0.467 e. The number of ether oxygens (including phenoxy) is 1. The Hall–Kier alpha value is -1.38. The van der Waals surface area contributed by atoms with Crippen LogP contribution in [0.4, 0.5) is 0 Å². The summed E-state index contributed by atoms with van der Waals surface area (Å²) in [6, 6.07) is 3.58. The standard InChI is InChI=1S/C15H22N2O5S/c1-23(19,20)17-6-4-14-13(10-17)12(5-8-22-14)15(18)16-9-11-3-2-7-21-11/h2-3,7,12-14H,4-6,8-10H2,1H3,(H,16,18)/t12-,13+,14-/m1/s1. The third-order valence-corrected chi connectivity index (χ3v) is 5.93. The summed E-state index contributed by atoms with van der Waals surface area (Å²) >= 11 is 0. The lowest BCUT2D eigenvalue weighted by atomic mass is 9.79. The van der Waals surface area contributed by atoms with Crippen molar-refractivity contribution in [1.29, 1.82) is 0 Å². The van der Waals surface area contributed by atoms with Gasteiger partial charge in [0.1, 0.15) is 5.76 Å². The van der Waals surface area contributed by atoms with Gasteiger partial charge in [-0.1, -0.05) is 0 Å². The van der Waals surface area contributed by atoms with Gasteiger partial charge in [0.25, 0.3) is 0 Å². The van der Waals surface area contributed by atoms with Gasteiger partial charge in [0.15, 0.2) is 0 Å². The molecule has 128 valence electrons. The molecular weight excluding hydrogens is 320 g/mol. The average molecular weight is 342 g/mol. The average Bonchev–Trinajstić information content (AvgIpc) is 3.04. The van der Waals surface area contributed by atoms with E-state index >= 15 is 0 Å². The van der Waals surface area contributed by atoms with Gasteiger partial charge < -0.3 is 14.5 Å². The predicted molar refractivity (Wildman–Crippen MR) is 82.9 cm³/mol. The van der Waals surface area contributed by atoms with Gasteiger partial charge in [-0.05, 0) is 25.0 Å². The molecule has 0 spiro atoms. The first-order chi connectivity index (χ1) is 10.9. The molecule has 0 bridgehead atoms. The summed E-state index contributed by atoms with van der Waals surface area (Å²) in [6.07, 6.45) is 3.99. The number of nitrogens with one attached hydrogen (secondary N) is 1. The lowest BCUT2D eigenvalue weighted by Crippen LogP contribution is -2.54. The zero-order valence-corrected chi connectivity index (χ0v) is 13.9. The van der Waals surface area contributed by atoms with Crippen LogP contribution in [0.3, 0.4) is 0 Å². The number of fused-ring (bicyclic) bond motifs is 1. The number of rotatable bonds is 4. The predicted octanol–water partition coefficient (Wildman–Crippen LogP) is 0.582. The van der Waals surface area contributed by atoms with Crippen LogP contribution in [-0.4, -0.2) is 50.7 Å². The van der Waals surface area contributed by atoms with Crippen LogP contribution in [0.5, 0.6) is 0 Å². The number of hydrogen-bond donors (Lipinski definition) is 1. The van der Waals surface area contributed by atoms with Crippen molar-refractivity contribution in [2.24, 2.45) is 11.8 Å². The van der Waals surface area contributed by atoms with E-state index in [1.807, 2.05) is 0 Å². The fourth-order valence-electron chi connectivity index (χ4n) is 3.43. The summed E-state index contributed by atoms with van der Waals surface area (Å²) in [5.41, 5.74) is 0. The maximum atomic E-state index is 12.5. The maximum Gasteiger partial charge on any atom is 0.224 e. The summed E-state index contributed by atoms with van der Waals surface area (Å²) in [5, 5.41) is 2.89. The van der Waals surface area contributed by atoms with Crippen molar-refractivity contribution in [3.63, 3.8) is 0 Å². The Balaban J connectivity index is 1.66. The number of piperidine rings is 1. The number of hydrogen-bond acceptors (Lipinski definition) is 5. The van der Waals surface area contributed by atoms with Crippen molar-refractivity contribution >= 4 is 15.9 Å². The van der Waals surface area contributed by atoms with Crippen LogP contribution >= 0.6 is 0 Å². The molecule has 0 unspecified atom stereocenters. The number of carbonyl (C=O) groups is 1. The molecule has 1 aromatic rings. The summed E-state index contributed by atoms with van der Waals surface area (Å²) < 4.78 is 36.0. The first kappa shape index (κ1) is 16.5. The van der Waals surface area contributed by atoms with Crippen LogP contribution in [-0.2, 0) is 26.1 Å². The van der Waals surface area contributed by atoms with Crippen molar-refractivity contribution in [3.8, 4) is 0 Å². The molecule has 7 nitrogen and oxygen atoms in total. The third-order valence-electron chi connectivity index (χ3n) is 4.66. The highest BCUT2D eigenvalue weighted by Crippen LogP contribution is 2.34. The monoisotopic (exact) mass is 342 g/mol. The van der Waals surface area contributed by atoms with E-state index in [1.165, 1.54) is 10.6 Å². The lowest BCUT2D eigenvalue weighted by molar-refractivity contribution is -0.139. The minimum atomic E-state index is -3.24. The van der Waals surface area contributed by atoms with E-state index in [1.54, 1.807) is 18.4 Å². The van der Waals surface area contributed by atoms with Gasteiger partial charge in [0.2, 0.25) is 15.9 Å². The molecule has 1 N–H and O–H groups in total. The SMILES string of the molecule is CS(=O)(=O)N1CC[C@H]2OCC[C@@H](C(=O)NCc3ccco3)[C@@H]2C1. The van der Waals surface area contributed by atoms with Crippen molar-refractivity contribution < 1.29 is 22.4 Å². The van der Waals surface area contributed by atoms with E-state index in [4.69, 9.17) is 9.15 Å². The molecule has 0 radical (unpaired) electrons. The van der Waals surface area contributed by atoms with Crippen LogP contribution in [0.2, 0.25) is 0 Å². The zero-order valence-electron chi connectivity index (χ0n) is 13.1. The highest BCUT2D eigenvalue weighted by molar-refractivity contribution is 7.88. The summed E-state index contributed by atoms with van der Waals surface area (Å²) in [7, 11) is -3.24. The van der Waals surface area contributed by atoms with Gasteiger partial charge in [-0.2, -0.15) is 0 Å². The van der Waals surface area contributed by atoms with Crippen LogP contribution in [0.1, 0.15) is 18.6 Å². The van der Waals surface area contributed by atoms with Gasteiger partial charge in [-0.15, -0.1) is 0 Å². The fraction of sp³-hybridized carbons (Fsp3) is 0.667. The van der Waals surface area contributed by atoms with E-state index in [9.17, 15) is 13.2 Å². The van der Waals surface area contributed by atoms with Crippen LogP contribution in [0.15, 0.2) is 22.8 Å². The molecule has 1 aromatic heterocycles. The molecule has 2 aliphatic rings. The van der Waals surface area contributed by atoms with Crippen LogP contribution in [0, 0.1) is 11.8 Å². The van der Waals surface area contributed by atoms with Gasteiger partial charge >= 0.3 is 0 Å². The Morgan fingerprint density at radius 1 is 1.43 bits per heavy atom. The topological polar surface area (TPSA) is 88.8 Å². The number of furan rings is 1. The van der Waals surface area contributed by atoms with E-state index in [0.29, 0.717) is 44.8 Å². The molecule has 0 aromatic carbocycles. The maximum absolute atomic E-state index is 12.5. The first-order valence-electron chi connectivity index (χ1n) is 7.82. The minimum Gasteiger partial charge on any atom is -0.467 e. The van der Waals surface area contributed by atoms with E-state index < -0.39 is 10.0 Å². The molecule has 0 aliphatic carbocycles. The van der Waals surface area contributed by atoms with E-state index in [0.717, 1.165) is 0 Å². The lowest BCUT2D eigenvalue weighted by Gasteiger charge is -2.43. The second-order valence-electron chi connectivity index (χ2n) is 6.18. The van der Waals surface area contributed by atoms with Crippen molar-refractivity contribution in [3.05, 3.63) is 24.2 Å². The highest BCUT2D eigenvalue weighted by atomic mass is 32.2. The zero-order chi connectivity index (χ0) is 16.4. The summed E-state index contributed by atoms with van der Waals surface area (Å²) in [4.78, 5) is 12.5. The first-order valence-corrected chi connectivity index (χ1v) is 9.67. The fourth-order valence-corrected chi connectivity index (χ4v) is 4.31. The van der Waals surface area contributed by atoms with Crippen molar-refractivity contribution in [2.45, 2.75) is 25.5 Å². The minimum absolute atomic E-state index is 0.0406. The Labute approximate surface area is 136 Å². The van der Waals surface area contributed by atoms with Crippen LogP contribution in [0.25, 0.3) is 0 Å². The Morgan fingerprint density at radius 2 is 2.26 bits per heavy atom. The van der Waals surface area contributed by atoms with Gasteiger partial charge in [-0.25, -0.2) is 12.7 Å². The molecule has 3 rings (SSSR count). The summed E-state index contributed by atoms with van der Waals surface area (Å²) in [6.45, 7) is 1.69. The Kier molecular flexibility index (Phi) is 4.74. The smallest absolute Gasteiger partial charge is 0.224 e. The second-order valence-corrected chi connectivity index (χ2v) is 8.16. The van der Waals surface area contributed by atoms with Gasteiger partial charge in [0, 0.05) is 31.5 Å². The molecule has 1 amide bonds. The molecule has 8 heteroatoms. The van der Waals surface area contributed by atoms with E-state index in [-0.39, 0.29) is 23.8 Å². The Bertz CT molecular complexity index is 643. The highest BCUT2D eigenvalue weighted by Gasteiger charge is 2.43. The van der Waals surface area contributed by atoms with Crippen molar-refractivity contribution in [2.75, 3.05) is 26.0 Å². The quantitative estimate of drug-likeness (QED) is 0.865. The van der Waals surface area contributed by atoms with Gasteiger partial charge in [-0.3, -0.25) is 4.79 Å². The number of carbonyl (C=O) groups excluding carboxylic acids is 1. The van der Waals surface area contributed by atoms with E-state index in [2.05, 4.69) is 5.32 Å². The molecule has 2 saturated heterocycles.